The van der Waals surface area contributed by atoms with E-state index in [4.69, 9.17) is 10.4 Å². The first-order valence-electron chi connectivity index (χ1n) is 3.67. The molecule has 0 aromatic carbocycles. The van der Waals surface area contributed by atoms with Crippen molar-refractivity contribution < 1.29 is 9.90 Å². The van der Waals surface area contributed by atoms with E-state index in [1.807, 2.05) is 0 Å². The summed E-state index contributed by atoms with van der Waals surface area (Å²) in [6.07, 6.45) is 2.56. The maximum absolute atomic E-state index is 10.4. The van der Waals surface area contributed by atoms with E-state index < -0.39 is 5.97 Å². The van der Waals surface area contributed by atoms with Gasteiger partial charge >= 0.3 is 5.97 Å². The maximum atomic E-state index is 10.4. The number of hydrogen-bond acceptors (Lipinski definition) is 3. The first kappa shape index (κ1) is 9.14. The molecule has 1 unspecified atom stereocenters. The van der Waals surface area contributed by atoms with Gasteiger partial charge in [0.05, 0.1) is 0 Å². The summed E-state index contributed by atoms with van der Waals surface area (Å²) in [4.78, 5) is 10.4. The molecule has 1 aliphatic rings. The molecule has 64 valence electrons. The number of nitriles is 1. The van der Waals surface area contributed by atoms with Gasteiger partial charge in [-0.2, -0.15) is 17.0 Å². The summed E-state index contributed by atoms with van der Waals surface area (Å²) in [7, 11) is 0. The molecule has 1 fully saturated rings. The fourth-order valence-corrected chi connectivity index (χ4v) is 2.28. The van der Waals surface area contributed by atoms with E-state index in [9.17, 15) is 4.79 Å². The van der Waals surface area contributed by atoms with Crippen LogP contribution in [0.15, 0.2) is 11.6 Å². The van der Waals surface area contributed by atoms with Gasteiger partial charge in [-0.3, -0.25) is 0 Å². The van der Waals surface area contributed by atoms with Crippen LogP contribution in [0.3, 0.4) is 0 Å². The van der Waals surface area contributed by atoms with Crippen LogP contribution in [0.5, 0.6) is 0 Å². The van der Waals surface area contributed by atoms with Gasteiger partial charge in [0.15, 0.2) is 0 Å². The second-order valence-corrected chi connectivity index (χ2v) is 3.77. The predicted molar refractivity (Wildman–Crippen MR) is 46.8 cm³/mol. The van der Waals surface area contributed by atoms with Crippen molar-refractivity contribution in [3.05, 3.63) is 11.6 Å². The number of hydrogen-bond donors (Lipinski definition) is 1. The van der Waals surface area contributed by atoms with Gasteiger partial charge in [0.2, 0.25) is 0 Å². The van der Waals surface area contributed by atoms with Crippen molar-refractivity contribution in [2.24, 2.45) is 5.92 Å². The normalized spacial score (nSPS) is 23.6. The van der Waals surface area contributed by atoms with Crippen LogP contribution in [0.2, 0.25) is 0 Å². The van der Waals surface area contributed by atoms with Gasteiger partial charge in [-0.05, 0) is 23.8 Å². The van der Waals surface area contributed by atoms with Gasteiger partial charge in [-0.1, -0.05) is 6.08 Å². The number of aliphatic carboxylic acids is 1. The minimum atomic E-state index is -1.12. The average molecular weight is 183 g/mol. The number of thioether (sulfide) groups is 1. The summed E-state index contributed by atoms with van der Waals surface area (Å²) in [6.45, 7) is 0. The summed E-state index contributed by atoms with van der Waals surface area (Å²) < 4.78 is 0. The van der Waals surface area contributed by atoms with E-state index in [0.29, 0.717) is 0 Å². The van der Waals surface area contributed by atoms with E-state index in [2.05, 4.69) is 0 Å². The number of carbonyl (C=O) groups is 1. The summed E-state index contributed by atoms with van der Waals surface area (Å²) in [5.74, 6) is 1.17. The topological polar surface area (TPSA) is 61.1 Å². The summed E-state index contributed by atoms with van der Waals surface area (Å²) in [6, 6.07) is 1.68. The Hall–Kier alpha value is -0.950. The molecule has 0 amide bonds. The Morgan fingerprint density at radius 2 is 2.50 bits per heavy atom. The number of rotatable bonds is 2. The Balaban J connectivity index is 2.64. The van der Waals surface area contributed by atoms with E-state index in [0.717, 1.165) is 17.9 Å². The first-order chi connectivity index (χ1) is 5.74. The van der Waals surface area contributed by atoms with Crippen LogP contribution in [-0.4, -0.2) is 22.6 Å². The van der Waals surface area contributed by atoms with Gasteiger partial charge in [0.25, 0.3) is 0 Å². The minimum Gasteiger partial charge on any atom is -0.477 e. The zero-order valence-corrected chi connectivity index (χ0v) is 7.30. The molecule has 1 saturated heterocycles. The third-order valence-electron chi connectivity index (χ3n) is 1.72. The third kappa shape index (κ3) is 2.28. The summed E-state index contributed by atoms with van der Waals surface area (Å²) in [5, 5.41) is 17.0. The van der Waals surface area contributed by atoms with Crippen LogP contribution in [0.1, 0.15) is 6.42 Å². The van der Waals surface area contributed by atoms with Crippen molar-refractivity contribution in [1.82, 2.24) is 0 Å². The highest BCUT2D eigenvalue weighted by Gasteiger charge is 2.16. The number of carboxylic acid groups (broad SMARTS) is 1. The highest BCUT2D eigenvalue weighted by molar-refractivity contribution is 7.99. The van der Waals surface area contributed by atoms with Crippen molar-refractivity contribution in [1.29, 1.82) is 5.26 Å². The van der Waals surface area contributed by atoms with E-state index in [-0.39, 0.29) is 11.5 Å². The molecular weight excluding hydrogens is 174 g/mol. The van der Waals surface area contributed by atoms with Crippen LogP contribution < -0.4 is 0 Å². The molecule has 1 aliphatic heterocycles. The molecule has 0 saturated carbocycles. The lowest BCUT2D eigenvalue weighted by molar-refractivity contribution is -0.132. The van der Waals surface area contributed by atoms with Crippen LogP contribution in [0, 0.1) is 17.2 Å². The average Bonchev–Trinajstić information content (AvgIpc) is 2.51. The summed E-state index contributed by atoms with van der Waals surface area (Å²) >= 11 is 1.80. The van der Waals surface area contributed by atoms with Gasteiger partial charge in [0.1, 0.15) is 11.6 Å². The second-order valence-electron chi connectivity index (χ2n) is 2.62. The van der Waals surface area contributed by atoms with Crippen molar-refractivity contribution >= 4 is 17.7 Å². The van der Waals surface area contributed by atoms with E-state index >= 15 is 0 Å². The SMILES string of the molecule is N#C/C(=C\C1CCSC1)C(=O)O. The molecule has 0 spiro atoms. The summed E-state index contributed by atoms with van der Waals surface area (Å²) in [5.41, 5.74) is -0.123. The Morgan fingerprint density at radius 3 is 2.92 bits per heavy atom. The van der Waals surface area contributed by atoms with Crippen LogP contribution >= 0.6 is 11.8 Å². The number of allylic oxidation sites excluding steroid dienone is 1. The Labute approximate surface area is 75.1 Å². The van der Waals surface area contributed by atoms with Gasteiger partial charge in [-0.25, -0.2) is 4.79 Å². The molecule has 0 aromatic rings. The molecule has 1 heterocycles. The quantitative estimate of drug-likeness (QED) is 0.517. The lowest BCUT2D eigenvalue weighted by Gasteiger charge is -1.98. The highest BCUT2D eigenvalue weighted by atomic mass is 32.2. The van der Waals surface area contributed by atoms with Crippen LogP contribution in [0.25, 0.3) is 0 Å². The van der Waals surface area contributed by atoms with Crippen LogP contribution in [0.4, 0.5) is 0 Å². The second kappa shape index (κ2) is 4.17. The van der Waals surface area contributed by atoms with Crippen LogP contribution in [-0.2, 0) is 4.79 Å². The van der Waals surface area contributed by atoms with Gasteiger partial charge in [0, 0.05) is 0 Å². The van der Waals surface area contributed by atoms with E-state index in [1.165, 1.54) is 0 Å². The van der Waals surface area contributed by atoms with Crippen molar-refractivity contribution in [2.75, 3.05) is 11.5 Å². The predicted octanol–water partition coefficient (Wildman–Crippen LogP) is 1.27. The molecule has 1 rings (SSSR count). The number of carboxylic acids is 1. The lowest BCUT2D eigenvalue weighted by atomic mass is 10.1. The Morgan fingerprint density at radius 1 is 1.75 bits per heavy atom. The molecule has 0 aromatic heterocycles. The Bertz CT molecular complexity index is 248. The molecular formula is C8H9NO2S. The van der Waals surface area contributed by atoms with Gasteiger partial charge in [-0.15, -0.1) is 0 Å². The smallest absolute Gasteiger partial charge is 0.346 e. The standard InChI is InChI=1S/C8H9NO2S/c9-4-7(8(10)11)3-6-1-2-12-5-6/h3,6H,1-2,5H2,(H,10,11)/b7-3+. The van der Waals surface area contributed by atoms with Crippen molar-refractivity contribution in [2.45, 2.75) is 6.42 Å². The monoisotopic (exact) mass is 183 g/mol. The molecule has 1 atom stereocenters. The largest absolute Gasteiger partial charge is 0.477 e. The van der Waals surface area contributed by atoms with Gasteiger partial charge < -0.3 is 5.11 Å². The van der Waals surface area contributed by atoms with Crippen molar-refractivity contribution in [3.8, 4) is 6.07 Å². The zero-order valence-electron chi connectivity index (χ0n) is 6.49. The third-order valence-corrected chi connectivity index (χ3v) is 2.91. The zero-order chi connectivity index (χ0) is 8.97. The fraction of sp³-hybridized carbons (Fsp3) is 0.500. The minimum absolute atomic E-state index is 0.123. The fourth-order valence-electron chi connectivity index (χ4n) is 1.08. The Kier molecular flexibility index (Phi) is 3.18. The van der Waals surface area contributed by atoms with E-state index in [1.54, 1.807) is 23.9 Å². The molecule has 12 heavy (non-hydrogen) atoms. The molecule has 4 heteroatoms. The molecule has 1 N–H and O–H groups in total. The number of nitrogens with zero attached hydrogens (tertiary/aromatic N) is 1. The molecule has 3 nitrogen and oxygen atoms in total. The highest BCUT2D eigenvalue weighted by Crippen LogP contribution is 2.25. The maximum Gasteiger partial charge on any atom is 0.346 e. The lowest BCUT2D eigenvalue weighted by Crippen LogP contribution is -2.02. The molecule has 0 aliphatic carbocycles. The molecule has 0 radical (unpaired) electrons. The first-order valence-corrected chi connectivity index (χ1v) is 4.82. The molecule has 0 bridgehead atoms. The van der Waals surface area contributed by atoms with Crippen molar-refractivity contribution in [3.63, 3.8) is 0 Å².